The van der Waals surface area contributed by atoms with Crippen LogP contribution in [0.1, 0.15) is 33.6 Å². The Morgan fingerprint density at radius 2 is 2.33 bits per heavy atom. The number of halogens is 1. The van der Waals surface area contributed by atoms with Crippen LogP contribution in [0, 0.1) is 5.41 Å². The highest BCUT2D eigenvalue weighted by atomic mass is 35.5. The lowest BCUT2D eigenvalue weighted by Gasteiger charge is -2.49. The van der Waals surface area contributed by atoms with Crippen molar-refractivity contribution < 1.29 is 4.74 Å². The third-order valence-electron chi connectivity index (χ3n) is 3.69. The van der Waals surface area contributed by atoms with Gasteiger partial charge in [-0.25, -0.2) is 4.98 Å². The molecule has 0 saturated heterocycles. The van der Waals surface area contributed by atoms with Gasteiger partial charge in [-0.3, -0.25) is 0 Å². The van der Waals surface area contributed by atoms with Crippen LogP contribution in [0.15, 0.2) is 18.3 Å². The van der Waals surface area contributed by atoms with Gasteiger partial charge in [0.05, 0.1) is 6.61 Å². The standard InChI is InChI=1S/C14H21ClN2O/c1-4-8-18-10-6-5-7-16-13(10)17-12-9-11(15)14(12,2)3/h5-7,11-12H,4,8-9H2,1-3H3,(H,16,17). The molecule has 1 aliphatic carbocycles. The average Bonchev–Trinajstić information content (AvgIpc) is 2.37. The molecule has 1 aromatic heterocycles. The number of hydrogen-bond donors (Lipinski definition) is 1. The molecule has 3 nitrogen and oxygen atoms in total. The molecule has 0 aromatic carbocycles. The summed E-state index contributed by atoms with van der Waals surface area (Å²) in [6, 6.07) is 4.21. The molecule has 4 heteroatoms. The average molecular weight is 269 g/mol. The maximum atomic E-state index is 6.23. The summed E-state index contributed by atoms with van der Waals surface area (Å²) in [4.78, 5) is 4.36. The largest absolute Gasteiger partial charge is 0.490 e. The summed E-state index contributed by atoms with van der Waals surface area (Å²) in [6.07, 6.45) is 3.75. The number of anilines is 1. The Labute approximate surface area is 114 Å². The van der Waals surface area contributed by atoms with Gasteiger partial charge in [-0.2, -0.15) is 0 Å². The van der Waals surface area contributed by atoms with Crippen molar-refractivity contribution in [2.45, 2.75) is 45.0 Å². The van der Waals surface area contributed by atoms with Crippen molar-refractivity contribution in [1.82, 2.24) is 4.98 Å². The third-order valence-corrected chi connectivity index (χ3v) is 4.43. The van der Waals surface area contributed by atoms with E-state index in [9.17, 15) is 0 Å². The van der Waals surface area contributed by atoms with Gasteiger partial charge in [-0.1, -0.05) is 20.8 Å². The van der Waals surface area contributed by atoms with Gasteiger partial charge in [0.15, 0.2) is 11.6 Å². The first-order valence-corrected chi connectivity index (χ1v) is 6.97. The van der Waals surface area contributed by atoms with Gasteiger partial charge in [-0.05, 0) is 25.0 Å². The van der Waals surface area contributed by atoms with Crippen LogP contribution >= 0.6 is 11.6 Å². The SMILES string of the molecule is CCCOc1cccnc1NC1CC(Cl)C1(C)C. The molecule has 0 bridgehead atoms. The molecule has 0 amide bonds. The fraction of sp³-hybridized carbons (Fsp3) is 0.643. The minimum Gasteiger partial charge on any atom is -0.490 e. The summed E-state index contributed by atoms with van der Waals surface area (Å²) in [7, 11) is 0. The molecular formula is C14H21ClN2O. The summed E-state index contributed by atoms with van der Waals surface area (Å²) in [5.41, 5.74) is 0.0983. The van der Waals surface area contributed by atoms with Crippen molar-refractivity contribution in [1.29, 1.82) is 0 Å². The Morgan fingerprint density at radius 3 is 2.94 bits per heavy atom. The predicted octanol–water partition coefficient (Wildman–Crippen LogP) is 3.69. The van der Waals surface area contributed by atoms with Gasteiger partial charge < -0.3 is 10.1 Å². The van der Waals surface area contributed by atoms with E-state index in [0.717, 1.165) is 24.4 Å². The third kappa shape index (κ3) is 2.56. The highest BCUT2D eigenvalue weighted by Gasteiger charge is 2.47. The maximum Gasteiger partial charge on any atom is 0.168 e. The number of nitrogens with one attached hydrogen (secondary N) is 1. The van der Waals surface area contributed by atoms with Gasteiger partial charge in [-0.15, -0.1) is 11.6 Å². The quantitative estimate of drug-likeness (QED) is 0.827. The summed E-state index contributed by atoms with van der Waals surface area (Å²) in [6.45, 7) is 7.17. The molecule has 2 atom stereocenters. The maximum absolute atomic E-state index is 6.23. The second kappa shape index (κ2) is 5.35. The van der Waals surface area contributed by atoms with Crippen molar-refractivity contribution in [3.8, 4) is 5.75 Å². The Balaban J connectivity index is 2.05. The first kappa shape index (κ1) is 13.5. The van der Waals surface area contributed by atoms with E-state index in [-0.39, 0.29) is 10.8 Å². The molecule has 1 heterocycles. The molecule has 1 aromatic rings. The van der Waals surface area contributed by atoms with Crippen molar-refractivity contribution in [3.05, 3.63) is 18.3 Å². The van der Waals surface area contributed by atoms with Gasteiger partial charge in [0, 0.05) is 23.0 Å². The summed E-state index contributed by atoms with van der Waals surface area (Å²) in [5.74, 6) is 1.65. The molecule has 2 unspecified atom stereocenters. The van der Waals surface area contributed by atoms with Crippen molar-refractivity contribution in [3.63, 3.8) is 0 Å². The molecule has 2 rings (SSSR count). The van der Waals surface area contributed by atoms with Gasteiger partial charge in [0.1, 0.15) is 0 Å². The smallest absolute Gasteiger partial charge is 0.168 e. The zero-order valence-corrected chi connectivity index (χ0v) is 12.0. The van der Waals surface area contributed by atoms with E-state index in [1.54, 1.807) is 6.20 Å². The van der Waals surface area contributed by atoms with Crippen LogP contribution in [0.5, 0.6) is 5.75 Å². The lowest BCUT2D eigenvalue weighted by molar-refractivity contribution is 0.167. The molecule has 0 spiro atoms. The van der Waals surface area contributed by atoms with Gasteiger partial charge in [0.2, 0.25) is 0 Å². The normalized spacial score (nSPS) is 25.3. The summed E-state index contributed by atoms with van der Waals surface area (Å²) >= 11 is 6.23. The molecular weight excluding hydrogens is 248 g/mol. The summed E-state index contributed by atoms with van der Waals surface area (Å²) < 4.78 is 5.69. The fourth-order valence-electron chi connectivity index (χ4n) is 2.11. The molecule has 1 fully saturated rings. The minimum absolute atomic E-state index is 0.0983. The second-order valence-electron chi connectivity index (χ2n) is 5.42. The van der Waals surface area contributed by atoms with E-state index in [4.69, 9.17) is 16.3 Å². The van der Waals surface area contributed by atoms with Crippen molar-refractivity contribution in [2.24, 2.45) is 5.41 Å². The molecule has 18 heavy (non-hydrogen) atoms. The van der Waals surface area contributed by atoms with Crippen LogP contribution in [-0.4, -0.2) is 23.0 Å². The number of aromatic nitrogens is 1. The number of rotatable bonds is 5. The number of pyridine rings is 1. The molecule has 0 radical (unpaired) electrons. The molecule has 1 N–H and O–H groups in total. The minimum atomic E-state index is 0.0983. The van der Waals surface area contributed by atoms with E-state index in [2.05, 4.69) is 31.1 Å². The highest BCUT2D eigenvalue weighted by molar-refractivity contribution is 6.21. The summed E-state index contributed by atoms with van der Waals surface area (Å²) in [5, 5.41) is 3.69. The number of ether oxygens (including phenoxy) is 1. The Hall–Kier alpha value is -0.960. The van der Waals surface area contributed by atoms with Crippen LogP contribution < -0.4 is 10.1 Å². The second-order valence-corrected chi connectivity index (χ2v) is 5.95. The van der Waals surface area contributed by atoms with Crippen LogP contribution in [0.25, 0.3) is 0 Å². The highest BCUT2D eigenvalue weighted by Crippen LogP contribution is 2.46. The van der Waals surface area contributed by atoms with Crippen LogP contribution in [0.4, 0.5) is 5.82 Å². The van der Waals surface area contributed by atoms with E-state index in [1.165, 1.54) is 0 Å². The number of hydrogen-bond acceptors (Lipinski definition) is 3. The Bertz CT molecular complexity index is 409. The lowest BCUT2D eigenvalue weighted by Crippen LogP contribution is -2.54. The first-order chi connectivity index (χ1) is 8.55. The number of nitrogens with zero attached hydrogens (tertiary/aromatic N) is 1. The van der Waals surface area contributed by atoms with E-state index < -0.39 is 0 Å². The molecule has 1 aliphatic rings. The Morgan fingerprint density at radius 1 is 1.56 bits per heavy atom. The zero-order valence-electron chi connectivity index (χ0n) is 11.2. The van der Waals surface area contributed by atoms with Gasteiger partial charge >= 0.3 is 0 Å². The molecule has 1 saturated carbocycles. The van der Waals surface area contributed by atoms with E-state index in [0.29, 0.717) is 12.6 Å². The predicted molar refractivity (Wildman–Crippen MR) is 75.5 cm³/mol. The van der Waals surface area contributed by atoms with Crippen LogP contribution in [0.3, 0.4) is 0 Å². The Kier molecular flexibility index (Phi) is 4.00. The number of alkyl halides is 1. The topological polar surface area (TPSA) is 34.1 Å². The molecule has 100 valence electrons. The van der Waals surface area contributed by atoms with E-state index >= 15 is 0 Å². The van der Waals surface area contributed by atoms with E-state index in [1.807, 2.05) is 12.1 Å². The van der Waals surface area contributed by atoms with Crippen LogP contribution in [0.2, 0.25) is 0 Å². The van der Waals surface area contributed by atoms with Gasteiger partial charge in [0.25, 0.3) is 0 Å². The van der Waals surface area contributed by atoms with Crippen LogP contribution in [-0.2, 0) is 0 Å². The fourth-order valence-corrected chi connectivity index (χ4v) is 2.44. The lowest BCUT2D eigenvalue weighted by atomic mass is 9.67. The van der Waals surface area contributed by atoms with Crippen molar-refractivity contribution in [2.75, 3.05) is 11.9 Å². The molecule has 0 aliphatic heterocycles. The zero-order chi connectivity index (χ0) is 13.2. The first-order valence-electron chi connectivity index (χ1n) is 6.54. The monoisotopic (exact) mass is 268 g/mol. The van der Waals surface area contributed by atoms with Crippen molar-refractivity contribution >= 4 is 17.4 Å².